The standard InChI is InChI=1S/C15H22N2O5/c1-8(6-21-5)16-12(19)7-22-15(20)14-9(2)13(11(4)18)10(3)17-14/h8,17H,6-7H2,1-5H3,(H,16,19). The third-order valence-electron chi connectivity index (χ3n) is 3.15. The maximum Gasteiger partial charge on any atom is 0.355 e. The highest BCUT2D eigenvalue weighted by molar-refractivity contribution is 6.01. The van der Waals surface area contributed by atoms with Crippen molar-refractivity contribution in [1.82, 2.24) is 10.3 Å². The fraction of sp³-hybridized carbons (Fsp3) is 0.533. The van der Waals surface area contributed by atoms with Crippen LogP contribution >= 0.6 is 0 Å². The molecule has 1 heterocycles. The van der Waals surface area contributed by atoms with E-state index in [0.29, 0.717) is 23.4 Å². The van der Waals surface area contributed by atoms with E-state index in [1.165, 1.54) is 14.0 Å². The predicted molar refractivity (Wildman–Crippen MR) is 80.0 cm³/mol. The molecular formula is C15H22N2O5. The van der Waals surface area contributed by atoms with Crippen LogP contribution in [0.1, 0.15) is 46.0 Å². The number of carbonyl (C=O) groups excluding carboxylic acids is 3. The molecule has 0 aliphatic carbocycles. The van der Waals surface area contributed by atoms with Crippen molar-refractivity contribution in [3.05, 3.63) is 22.5 Å². The average Bonchev–Trinajstić information content (AvgIpc) is 2.71. The molecule has 1 aromatic rings. The first-order chi connectivity index (χ1) is 10.3. The van der Waals surface area contributed by atoms with Gasteiger partial charge in [-0.05, 0) is 33.3 Å². The molecule has 7 nitrogen and oxygen atoms in total. The number of hydrogen-bond donors (Lipinski definition) is 2. The summed E-state index contributed by atoms with van der Waals surface area (Å²) in [6.45, 7) is 6.57. The monoisotopic (exact) mass is 310 g/mol. The Labute approximate surface area is 129 Å². The van der Waals surface area contributed by atoms with Gasteiger partial charge in [0.15, 0.2) is 12.4 Å². The fourth-order valence-corrected chi connectivity index (χ4v) is 2.29. The van der Waals surface area contributed by atoms with Crippen molar-refractivity contribution in [2.45, 2.75) is 33.7 Å². The van der Waals surface area contributed by atoms with E-state index in [0.717, 1.165) is 0 Å². The van der Waals surface area contributed by atoms with Gasteiger partial charge >= 0.3 is 5.97 Å². The van der Waals surface area contributed by atoms with Gasteiger partial charge in [0.25, 0.3) is 5.91 Å². The van der Waals surface area contributed by atoms with Gasteiger partial charge in [-0.1, -0.05) is 0 Å². The van der Waals surface area contributed by atoms with Crippen molar-refractivity contribution in [3.8, 4) is 0 Å². The Bertz CT molecular complexity index is 577. The molecule has 0 bridgehead atoms. The van der Waals surface area contributed by atoms with Crippen molar-refractivity contribution < 1.29 is 23.9 Å². The second kappa shape index (κ2) is 7.74. The number of rotatable bonds is 7. The Hall–Kier alpha value is -2.15. The first kappa shape index (κ1) is 17.9. The lowest BCUT2D eigenvalue weighted by Gasteiger charge is -2.12. The SMILES string of the molecule is COCC(C)NC(=O)COC(=O)c1[nH]c(C)c(C(C)=O)c1C. The quantitative estimate of drug-likeness (QED) is 0.581. The minimum atomic E-state index is -0.664. The van der Waals surface area contributed by atoms with Gasteiger partial charge in [0, 0.05) is 24.4 Å². The average molecular weight is 310 g/mol. The smallest absolute Gasteiger partial charge is 0.355 e. The number of carbonyl (C=O) groups is 3. The Morgan fingerprint density at radius 3 is 2.41 bits per heavy atom. The van der Waals surface area contributed by atoms with Crippen molar-refractivity contribution in [3.63, 3.8) is 0 Å². The third kappa shape index (κ3) is 4.42. The van der Waals surface area contributed by atoms with Crippen LogP contribution in [0.25, 0.3) is 0 Å². The zero-order chi connectivity index (χ0) is 16.9. The van der Waals surface area contributed by atoms with Gasteiger partial charge in [-0.25, -0.2) is 4.79 Å². The lowest BCUT2D eigenvalue weighted by atomic mass is 10.1. The zero-order valence-electron chi connectivity index (χ0n) is 13.5. The third-order valence-corrected chi connectivity index (χ3v) is 3.15. The van der Waals surface area contributed by atoms with Gasteiger partial charge in [0.05, 0.1) is 6.61 Å². The number of esters is 1. The van der Waals surface area contributed by atoms with E-state index in [4.69, 9.17) is 9.47 Å². The number of H-pyrrole nitrogens is 1. The van der Waals surface area contributed by atoms with Crippen LogP contribution in [0.4, 0.5) is 0 Å². The molecule has 0 radical (unpaired) electrons. The van der Waals surface area contributed by atoms with Gasteiger partial charge in [-0.2, -0.15) is 0 Å². The number of aromatic nitrogens is 1. The van der Waals surface area contributed by atoms with Gasteiger partial charge in [0.2, 0.25) is 0 Å². The second-order valence-electron chi connectivity index (χ2n) is 5.18. The second-order valence-corrected chi connectivity index (χ2v) is 5.18. The number of hydrogen-bond acceptors (Lipinski definition) is 5. The molecule has 1 aromatic heterocycles. The van der Waals surface area contributed by atoms with Crippen LogP contribution in [0, 0.1) is 13.8 Å². The number of methoxy groups -OCH3 is 1. The Kier molecular flexibility index (Phi) is 6.30. The topological polar surface area (TPSA) is 97.5 Å². The van der Waals surface area contributed by atoms with E-state index in [1.54, 1.807) is 20.8 Å². The number of aromatic amines is 1. The molecule has 0 saturated heterocycles. The Morgan fingerprint density at radius 1 is 1.27 bits per heavy atom. The fourth-order valence-electron chi connectivity index (χ4n) is 2.29. The van der Waals surface area contributed by atoms with E-state index in [9.17, 15) is 14.4 Å². The normalized spacial score (nSPS) is 11.9. The number of Topliss-reactive ketones (excluding diaryl/α,β-unsaturated/α-hetero) is 1. The number of ether oxygens (including phenoxy) is 2. The highest BCUT2D eigenvalue weighted by Gasteiger charge is 2.21. The number of ketones is 1. The molecule has 1 unspecified atom stereocenters. The van der Waals surface area contributed by atoms with Crippen LogP contribution < -0.4 is 5.32 Å². The summed E-state index contributed by atoms with van der Waals surface area (Å²) in [6.07, 6.45) is 0. The van der Waals surface area contributed by atoms with Gasteiger partial charge in [0.1, 0.15) is 5.69 Å². The number of aryl methyl sites for hydroxylation is 1. The molecule has 7 heteroatoms. The summed E-state index contributed by atoms with van der Waals surface area (Å²) >= 11 is 0. The summed E-state index contributed by atoms with van der Waals surface area (Å²) in [7, 11) is 1.53. The molecule has 0 saturated carbocycles. The van der Waals surface area contributed by atoms with Crippen molar-refractivity contribution in [1.29, 1.82) is 0 Å². The highest BCUT2D eigenvalue weighted by Crippen LogP contribution is 2.19. The first-order valence-electron chi connectivity index (χ1n) is 6.93. The summed E-state index contributed by atoms with van der Waals surface area (Å²) in [5, 5.41) is 2.63. The zero-order valence-corrected chi connectivity index (χ0v) is 13.5. The van der Waals surface area contributed by atoms with Crippen molar-refractivity contribution in [2.24, 2.45) is 0 Å². The molecular weight excluding hydrogens is 288 g/mol. The highest BCUT2D eigenvalue weighted by atomic mass is 16.5. The van der Waals surface area contributed by atoms with E-state index in [2.05, 4.69) is 10.3 Å². The molecule has 1 atom stereocenters. The predicted octanol–water partition coefficient (Wildman–Crippen LogP) is 1.14. The number of amides is 1. The maximum atomic E-state index is 12.0. The van der Waals surface area contributed by atoms with Gasteiger partial charge in [-0.3, -0.25) is 9.59 Å². The summed E-state index contributed by atoms with van der Waals surface area (Å²) in [5.74, 6) is -1.20. The van der Waals surface area contributed by atoms with Crippen LogP contribution in [0.3, 0.4) is 0 Å². The molecule has 1 rings (SSSR count). The summed E-state index contributed by atoms with van der Waals surface area (Å²) in [6, 6.07) is -0.171. The molecule has 0 aliphatic heterocycles. The minimum Gasteiger partial charge on any atom is -0.451 e. The van der Waals surface area contributed by atoms with E-state index >= 15 is 0 Å². The molecule has 0 fully saturated rings. The Morgan fingerprint density at radius 2 is 1.91 bits per heavy atom. The molecule has 2 N–H and O–H groups in total. The maximum absolute atomic E-state index is 12.0. The van der Waals surface area contributed by atoms with Crippen LogP contribution in [0.2, 0.25) is 0 Å². The first-order valence-corrected chi connectivity index (χ1v) is 6.93. The van der Waals surface area contributed by atoms with Crippen LogP contribution in [-0.2, 0) is 14.3 Å². The molecule has 0 aliphatic rings. The lowest BCUT2D eigenvalue weighted by molar-refractivity contribution is -0.125. The van der Waals surface area contributed by atoms with Gasteiger partial charge < -0.3 is 19.8 Å². The largest absolute Gasteiger partial charge is 0.451 e. The van der Waals surface area contributed by atoms with Crippen LogP contribution in [0.15, 0.2) is 0 Å². The molecule has 0 aromatic carbocycles. The summed E-state index contributed by atoms with van der Waals surface area (Å²) in [4.78, 5) is 38.0. The van der Waals surface area contributed by atoms with Gasteiger partial charge in [-0.15, -0.1) is 0 Å². The summed E-state index contributed by atoms with van der Waals surface area (Å²) in [5.41, 5.74) is 1.81. The van der Waals surface area contributed by atoms with Crippen molar-refractivity contribution >= 4 is 17.7 Å². The van der Waals surface area contributed by atoms with E-state index in [1.807, 2.05) is 0 Å². The van der Waals surface area contributed by atoms with E-state index in [-0.39, 0.29) is 24.1 Å². The van der Waals surface area contributed by atoms with E-state index < -0.39 is 11.9 Å². The summed E-state index contributed by atoms with van der Waals surface area (Å²) < 4.78 is 9.86. The van der Waals surface area contributed by atoms with Crippen LogP contribution in [-0.4, -0.2) is 49.0 Å². The lowest BCUT2D eigenvalue weighted by Crippen LogP contribution is -2.38. The molecule has 122 valence electrons. The van der Waals surface area contributed by atoms with Crippen molar-refractivity contribution in [2.75, 3.05) is 20.3 Å². The molecule has 1 amide bonds. The number of nitrogens with one attached hydrogen (secondary N) is 2. The minimum absolute atomic E-state index is 0.128. The molecule has 22 heavy (non-hydrogen) atoms. The van der Waals surface area contributed by atoms with Crippen LogP contribution in [0.5, 0.6) is 0 Å². The Balaban J connectivity index is 2.65. The molecule has 0 spiro atoms.